The summed E-state index contributed by atoms with van der Waals surface area (Å²) >= 11 is 9.38. The SMILES string of the molecule is ClCCc1sc(-c2ccccc2)nc1-c1cccs1. The van der Waals surface area contributed by atoms with Gasteiger partial charge in [-0.3, -0.25) is 0 Å². The molecule has 0 aliphatic heterocycles. The van der Waals surface area contributed by atoms with E-state index in [0.717, 1.165) is 17.1 Å². The molecule has 0 atom stereocenters. The van der Waals surface area contributed by atoms with E-state index >= 15 is 0 Å². The first-order valence-electron chi connectivity index (χ1n) is 6.03. The Bertz CT molecular complexity index is 644. The van der Waals surface area contributed by atoms with E-state index in [1.54, 1.807) is 22.7 Å². The highest BCUT2D eigenvalue weighted by atomic mass is 35.5. The molecule has 0 spiro atoms. The third-order valence-corrected chi connectivity index (χ3v) is 5.02. The fourth-order valence-corrected chi connectivity index (χ4v) is 4.10. The van der Waals surface area contributed by atoms with Crippen LogP contribution in [0.5, 0.6) is 0 Å². The van der Waals surface area contributed by atoms with Crippen LogP contribution in [0.3, 0.4) is 0 Å². The van der Waals surface area contributed by atoms with Gasteiger partial charge in [-0.1, -0.05) is 36.4 Å². The largest absolute Gasteiger partial charge is 0.235 e. The van der Waals surface area contributed by atoms with E-state index in [4.69, 9.17) is 16.6 Å². The Kier molecular flexibility index (Phi) is 3.97. The predicted octanol–water partition coefficient (Wildman–Crippen LogP) is 5.32. The third-order valence-electron chi connectivity index (χ3n) is 2.79. The summed E-state index contributed by atoms with van der Waals surface area (Å²) < 4.78 is 0. The number of alkyl halides is 1. The van der Waals surface area contributed by atoms with Gasteiger partial charge in [0.15, 0.2) is 0 Å². The molecule has 0 bridgehead atoms. The number of aryl methyl sites for hydroxylation is 1. The number of nitrogens with zero attached hydrogens (tertiary/aromatic N) is 1. The van der Waals surface area contributed by atoms with Gasteiger partial charge in [-0.2, -0.15) is 0 Å². The van der Waals surface area contributed by atoms with Crippen LogP contribution in [0.25, 0.3) is 21.1 Å². The van der Waals surface area contributed by atoms with Gasteiger partial charge in [0.05, 0.1) is 10.6 Å². The van der Waals surface area contributed by atoms with Gasteiger partial charge in [0.2, 0.25) is 0 Å². The smallest absolute Gasteiger partial charge is 0.124 e. The average molecular weight is 306 g/mol. The average Bonchev–Trinajstić information content (AvgIpc) is 3.09. The molecule has 0 aliphatic carbocycles. The fraction of sp³-hybridized carbons (Fsp3) is 0.133. The van der Waals surface area contributed by atoms with Gasteiger partial charge < -0.3 is 0 Å². The summed E-state index contributed by atoms with van der Waals surface area (Å²) in [6, 6.07) is 14.5. The highest BCUT2D eigenvalue weighted by Crippen LogP contribution is 2.36. The third kappa shape index (κ3) is 2.73. The van der Waals surface area contributed by atoms with Crippen LogP contribution < -0.4 is 0 Å². The van der Waals surface area contributed by atoms with Gasteiger partial charge in [-0.15, -0.1) is 34.3 Å². The van der Waals surface area contributed by atoms with Crippen molar-refractivity contribution in [1.82, 2.24) is 4.98 Å². The van der Waals surface area contributed by atoms with Crippen LogP contribution in [0.1, 0.15) is 4.88 Å². The molecule has 0 saturated carbocycles. The minimum Gasteiger partial charge on any atom is -0.235 e. The Hall–Kier alpha value is -1.16. The first-order chi connectivity index (χ1) is 9.38. The highest BCUT2D eigenvalue weighted by Gasteiger charge is 2.14. The highest BCUT2D eigenvalue weighted by molar-refractivity contribution is 7.17. The predicted molar refractivity (Wildman–Crippen MR) is 85.3 cm³/mol. The molecule has 0 saturated heterocycles. The Morgan fingerprint density at radius 3 is 2.58 bits per heavy atom. The van der Waals surface area contributed by atoms with Crippen LogP contribution in [0.2, 0.25) is 0 Å². The Balaban J connectivity index is 2.07. The zero-order valence-corrected chi connectivity index (χ0v) is 12.6. The van der Waals surface area contributed by atoms with Gasteiger partial charge in [0.25, 0.3) is 0 Å². The summed E-state index contributed by atoms with van der Waals surface area (Å²) in [4.78, 5) is 7.31. The lowest BCUT2D eigenvalue weighted by Gasteiger charge is -1.95. The Morgan fingerprint density at radius 1 is 1.05 bits per heavy atom. The summed E-state index contributed by atoms with van der Waals surface area (Å²) in [5.74, 6) is 0.634. The van der Waals surface area contributed by atoms with E-state index in [1.807, 2.05) is 18.2 Å². The van der Waals surface area contributed by atoms with Crippen LogP contribution in [0.15, 0.2) is 47.8 Å². The Labute approximate surface area is 125 Å². The number of halogens is 1. The number of rotatable bonds is 4. The second kappa shape index (κ2) is 5.87. The molecule has 0 unspecified atom stereocenters. The molecule has 4 heteroatoms. The first-order valence-corrected chi connectivity index (χ1v) is 8.26. The number of hydrogen-bond acceptors (Lipinski definition) is 3. The molecule has 0 aliphatic rings. The van der Waals surface area contributed by atoms with Gasteiger partial charge in [-0.25, -0.2) is 4.98 Å². The van der Waals surface area contributed by atoms with Gasteiger partial charge in [0, 0.05) is 16.3 Å². The number of hydrogen-bond donors (Lipinski definition) is 0. The van der Waals surface area contributed by atoms with E-state index in [9.17, 15) is 0 Å². The lowest BCUT2D eigenvalue weighted by atomic mass is 10.2. The summed E-state index contributed by atoms with van der Waals surface area (Å²) in [7, 11) is 0. The van der Waals surface area contributed by atoms with Crippen molar-refractivity contribution in [3.63, 3.8) is 0 Å². The maximum absolute atomic E-state index is 5.91. The molecule has 1 nitrogen and oxygen atoms in total. The zero-order valence-electron chi connectivity index (χ0n) is 10.2. The maximum atomic E-state index is 5.91. The fourth-order valence-electron chi connectivity index (χ4n) is 1.92. The number of thiophene rings is 1. The number of benzene rings is 1. The van der Waals surface area contributed by atoms with E-state index < -0.39 is 0 Å². The lowest BCUT2D eigenvalue weighted by molar-refractivity contribution is 1.18. The van der Waals surface area contributed by atoms with Crippen LogP contribution in [0, 0.1) is 0 Å². The molecule has 2 aromatic heterocycles. The van der Waals surface area contributed by atoms with Gasteiger partial charge in [0.1, 0.15) is 5.01 Å². The minimum atomic E-state index is 0.634. The topological polar surface area (TPSA) is 12.9 Å². The van der Waals surface area contributed by atoms with Crippen molar-refractivity contribution in [1.29, 1.82) is 0 Å². The molecular weight excluding hydrogens is 294 g/mol. The van der Waals surface area contributed by atoms with Crippen LogP contribution in [0.4, 0.5) is 0 Å². The second-order valence-electron chi connectivity index (χ2n) is 4.07. The molecule has 0 amide bonds. The molecular formula is C15H12ClNS2. The molecule has 3 aromatic rings. The van der Waals surface area contributed by atoms with Crippen molar-refractivity contribution in [3.05, 3.63) is 52.7 Å². The van der Waals surface area contributed by atoms with Crippen molar-refractivity contribution in [3.8, 4) is 21.1 Å². The molecule has 0 N–H and O–H groups in total. The number of thiazole rings is 1. The van der Waals surface area contributed by atoms with Crippen molar-refractivity contribution in [2.75, 3.05) is 5.88 Å². The summed E-state index contributed by atoms with van der Waals surface area (Å²) in [6.45, 7) is 0. The summed E-state index contributed by atoms with van der Waals surface area (Å²) in [5.41, 5.74) is 2.27. The Morgan fingerprint density at radius 2 is 1.89 bits per heavy atom. The standard InChI is InChI=1S/C15H12ClNS2/c16-9-8-13-14(12-7-4-10-18-12)17-15(19-13)11-5-2-1-3-6-11/h1-7,10H,8-9H2. The van der Waals surface area contributed by atoms with Crippen LogP contribution in [-0.4, -0.2) is 10.9 Å². The molecule has 2 heterocycles. The van der Waals surface area contributed by atoms with E-state index in [-0.39, 0.29) is 0 Å². The van der Waals surface area contributed by atoms with E-state index in [1.165, 1.54) is 15.3 Å². The van der Waals surface area contributed by atoms with Crippen molar-refractivity contribution in [2.24, 2.45) is 0 Å². The van der Waals surface area contributed by atoms with Crippen LogP contribution >= 0.6 is 34.3 Å². The van der Waals surface area contributed by atoms with Crippen LogP contribution in [-0.2, 0) is 6.42 Å². The molecule has 1 aromatic carbocycles. The van der Waals surface area contributed by atoms with Crippen molar-refractivity contribution < 1.29 is 0 Å². The van der Waals surface area contributed by atoms with Gasteiger partial charge in [-0.05, 0) is 17.9 Å². The van der Waals surface area contributed by atoms with Crippen molar-refractivity contribution in [2.45, 2.75) is 6.42 Å². The van der Waals surface area contributed by atoms with Gasteiger partial charge >= 0.3 is 0 Å². The molecule has 3 rings (SSSR count). The molecule has 96 valence electrons. The monoisotopic (exact) mass is 305 g/mol. The zero-order chi connectivity index (χ0) is 13.1. The van der Waals surface area contributed by atoms with E-state index in [0.29, 0.717) is 5.88 Å². The normalized spacial score (nSPS) is 10.8. The molecule has 0 radical (unpaired) electrons. The summed E-state index contributed by atoms with van der Waals surface area (Å²) in [5, 5.41) is 3.16. The first kappa shape index (κ1) is 12.9. The lowest BCUT2D eigenvalue weighted by Crippen LogP contribution is -1.84. The quantitative estimate of drug-likeness (QED) is 0.594. The maximum Gasteiger partial charge on any atom is 0.124 e. The second-order valence-corrected chi connectivity index (χ2v) is 6.48. The molecule has 0 fully saturated rings. The minimum absolute atomic E-state index is 0.634. The van der Waals surface area contributed by atoms with E-state index in [2.05, 4.69) is 29.6 Å². The number of aromatic nitrogens is 1. The summed E-state index contributed by atoms with van der Waals surface area (Å²) in [6.07, 6.45) is 0.874. The van der Waals surface area contributed by atoms with Crippen molar-refractivity contribution >= 4 is 34.3 Å². The molecule has 19 heavy (non-hydrogen) atoms.